The van der Waals surface area contributed by atoms with Crippen LogP contribution in [0.25, 0.3) is 11.1 Å². The molecule has 262 valence electrons. The van der Waals surface area contributed by atoms with Gasteiger partial charge in [-0.2, -0.15) is 0 Å². The van der Waals surface area contributed by atoms with Crippen molar-refractivity contribution < 1.29 is 39.2 Å². The van der Waals surface area contributed by atoms with Crippen LogP contribution < -0.4 is 5.32 Å². The van der Waals surface area contributed by atoms with Crippen molar-refractivity contribution in [2.75, 3.05) is 5.75 Å². The Labute approximate surface area is 296 Å². The van der Waals surface area contributed by atoms with E-state index < -0.39 is 18.2 Å². The molecule has 3 unspecified atom stereocenters. The molecule has 1 aliphatic heterocycles. The van der Waals surface area contributed by atoms with Gasteiger partial charge in [0.15, 0.2) is 6.29 Å². The first-order chi connectivity index (χ1) is 24.3. The van der Waals surface area contributed by atoms with Gasteiger partial charge in [0.25, 0.3) is 0 Å². The zero-order valence-electron chi connectivity index (χ0n) is 27.8. The average molecular weight is 698 g/mol. The second kappa shape index (κ2) is 18.5. The van der Waals surface area contributed by atoms with Gasteiger partial charge in [-0.15, -0.1) is 11.8 Å². The fourth-order valence-corrected chi connectivity index (χ4v) is 6.73. The lowest BCUT2D eigenvalue weighted by Crippen LogP contribution is -2.31. The molecule has 0 aromatic heterocycles. The first-order valence-corrected chi connectivity index (χ1v) is 17.9. The van der Waals surface area contributed by atoms with Crippen LogP contribution in [0.3, 0.4) is 0 Å². The monoisotopic (exact) mass is 697 g/mol. The van der Waals surface area contributed by atoms with Crippen molar-refractivity contribution in [3.8, 4) is 11.1 Å². The number of carbonyl (C=O) groups is 3. The number of aliphatic hydroxyl groups is 1. The summed E-state index contributed by atoms with van der Waals surface area (Å²) in [6.45, 7) is 0.400. The summed E-state index contributed by atoms with van der Waals surface area (Å²) in [7, 11) is 0. The minimum absolute atomic E-state index is 0.0130. The van der Waals surface area contributed by atoms with E-state index in [1.54, 1.807) is 23.9 Å². The summed E-state index contributed by atoms with van der Waals surface area (Å²) >= 11 is 1.61. The predicted octanol–water partition coefficient (Wildman–Crippen LogP) is 7.92. The highest BCUT2D eigenvalue weighted by Crippen LogP contribution is 2.40. The molecule has 0 aliphatic carbocycles. The molecule has 0 saturated carbocycles. The quantitative estimate of drug-likeness (QED) is 0.0639. The Morgan fingerprint density at radius 2 is 1.44 bits per heavy atom. The third-order valence-corrected chi connectivity index (χ3v) is 9.77. The number of unbranched alkanes of at least 4 members (excludes halogenated alkanes) is 3. The van der Waals surface area contributed by atoms with Crippen molar-refractivity contribution in [2.24, 2.45) is 0 Å². The van der Waals surface area contributed by atoms with Crippen molar-refractivity contribution in [3.63, 3.8) is 0 Å². The van der Waals surface area contributed by atoms with Crippen molar-refractivity contribution >= 4 is 29.6 Å². The highest BCUT2D eigenvalue weighted by molar-refractivity contribution is 7.99. The molecule has 1 fully saturated rings. The Bertz CT molecular complexity index is 1710. The molecule has 1 amide bonds. The maximum Gasteiger partial charge on any atom is 0.335 e. The molecule has 1 aliphatic rings. The first kappa shape index (κ1) is 36.8. The summed E-state index contributed by atoms with van der Waals surface area (Å²) in [6, 6.07) is 30.8. The minimum Gasteiger partial charge on any atom is -0.481 e. The van der Waals surface area contributed by atoms with Crippen molar-refractivity contribution in [2.45, 2.75) is 81.5 Å². The van der Waals surface area contributed by atoms with E-state index in [2.05, 4.69) is 11.4 Å². The van der Waals surface area contributed by atoms with Gasteiger partial charge in [0.05, 0.1) is 24.4 Å². The molecule has 0 bridgehead atoms. The number of hydrogen-bond acceptors (Lipinski definition) is 7. The van der Waals surface area contributed by atoms with E-state index in [4.69, 9.17) is 14.6 Å². The Morgan fingerprint density at radius 3 is 2.12 bits per heavy atom. The number of benzene rings is 4. The summed E-state index contributed by atoms with van der Waals surface area (Å²) < 4.78 is 13.0. The van der Waals surface area contributed by atoms with E-state index in [0.29, 0.717) is 31.6 Å². The van der Waals surface area contributed by atoms with E-state index >= 15 is 0 Å². The van der Waals surface area contributed by atoms with Gasteiger partial charge < -0.3 is 30.1 Å². The molecule has 3 atom stereocenters. The lowest BCUT2D eigenvalue weighted by atomic mass is 9.99. The smallest absolute Gasteiger partial charge is 0.335 e. The molecule has 4 aromatic rings. The van der Waals surface area contributed by atoms with E-state index in [9.17, 15) is 24.6 Å². The maximum absolute atomic E-state index is 12.4. The second-order valence-electron chi connectivity index (χ2n) is 12.4. The number of hydrogen-bond donors (Lipinski definition) is 4. The van der Waals surface area contributed by atoms with Crippen molar-refractivity contribution in [1.29, 1.82) is 0 Å². The van der Waals surface area contributed by atoms with Crippen LogP contribution in [0.5, 0.6) is 0 Å². The molecule has 1 saturated heterocycles. The summed E-state index contributed by atoms with van der Waals surface area (Å²) in [5.74, 6) is -1.09. The second-order valence-corrected chi connectivity index (χ2v) is 13.5. The summed E-state index contributed by atoms with van der Waals surface area (Å²) in [4.78, 5) is 35.2. The topological polar surface area (TPSA) is 142 Å². The molecular weight excluding hydrogens is 655 g/mol. The van der Waals surface area contributed by atoms with Crippen molar-refractivity contribution in [1.82, 2.24) is 5.32 Å². The number of rotatable bonds is 17. The molecule has 10 heteroatoms. The van der Waals surface area contributed by atoms with Crippen LogP contribution in [-0.4, -0.2) is 45.0 Å². The molecule has 50 heavy (non-hydrogen) atoms. The van der Waals surface area contributed by atoms with Gasteiger partial charge in [-0.3, -0.25) is 9.59 Å². The Hall–Kier alpha value is -4.48. The number of amides is 1. The molecule has 4 aromatic carbocycles. The zero-order valence-corrected chi connectivity index (χ0v) is 28.6. The zero-order chi connectivity index (χ0) is 35.3. The van der Waals surface area contributed by atoms with Gasteiger partial charge in [0.2, 0.25) is 5.91 Å². The molecular formula is C40H43NO8S. The minimum atomic E-state index is -0.953. The maximum atomic E-state index is 12.4. The number of aromatic carboxylic acids is 1. The van der Waals surface area contributed by atoms with Gasteiger partial charge in [-0.05, 0) is 71.0 Å². The SMILES string of the molecule is O=C(O)CCCCCCC(=O)NCc1cccc(-c2ccc(C3OC(CSc4ccc(C(=O)O)cc4)CC(c4ccc(CO)cc4)O3)cc2)c1. The van der Waals surface area contributed by atoms with E-state index in [1.165, 1.54) is 0 Å². The van der Waals surface area contributed by atoms with Gasteiger partial charge in [0, 0.05) is 42.0 Å². The van der Waals surface area contributed by atoms with Gasteiger partial charge in [-0.25, -0.2) is 4.79 Å². The van der Waals surface area contributed by atoms with Gasteiger partial charge in [-0.1, -0.05) is 79.6 Å². The highest BCUT2D eigenvalue weighted by atomic mass is 32.2. The van der Waals surface area contributed by atoms with Crippen LogP contribution in [0.15, 0.2) is 102 Å². The summed E-state index contributed by atoms with van der Waals surface area (Å²) in [6.07, 6.45) is 3.32. The highest BCUT2D eigenvalue weighted by Gasteiger charge is 2.32. The number of thioether (sulfide) groups is 1. The lowest BCUT2D eigenvalue weighted by Gasteiger charge is -2.36. The first-order valence-electron chi connectivity index (χ1n) is 16.9. The summed E-state index contributed by atoms with van der Waals surface area (Å²) in [5.41, 5.74) is 6.01. The average Bonchev–Trinajstić information content (AvgIpc) is 3.14. The third-order valence-electron chi connectivity index (χ3n) is 8.63. The molecule has 0 spiro atoms. The molecule has 1 heterocycles. The predicted molar refractivity (Wildman–Crippen MR) is 192 cm³/mol. The number of carbonyl (C=O) groups excluding carboxylic acids is 1. The number of carboxylic acid groups (broad SMARTS) is 2. The standard InChI is InChI=1S/C40H43NO8S/c42-25-27-10-12-30(13-11-27)36-23-34(26-50-35-20-18-31(19-21-35)39(46)47)48-40(49-36)32-16-14-29(15-17-32)33-7-5-6-28(22-33)24-41-37(43)8-3-1-2-4-9-38(44)45/h5-7,10-22,34,36,40,42H,1-4,8-9,23-26H2,(H,41,43)(H,44,45)(H,46,47). The number of aliphatic carboxylic acids is 1. The fraction of sp³-hybridized carbons (Fsp3) is 0.325. The Balaban J connectivity index is 1.20. The van der Waals surface area contributed by atoms with Crippen LogP contribution in [-0.2, 0) is 32.2 Å². The van der Waals surface area contributed by atoms with Gasteiger partial charge >= 0.3 is 11.9 Å². The number of nitrogens with one attached hydrogen (secondary N) is 1. The molecule has 5 rings (SSSR count). The number of carboxylic acids is 2. The Kier molecular flexibility index (Phi) is 13.6. The van der Waals surface area contributed by atoms with Crippen LogP contribution in [0.2, 0.25) is 0 Å². The van der Waals surface area contributed by atoms with Crippen LogP contribution in [0, 0.1) is 0 Å². The van der Waals surface area contributed by atoms with E-state index in [0.717, 1.165) is 57.5 Å². The van der Waals surface area contributed by atoms with E-state index in [-0.39, 0.29) is 36.7 Å². The largest absolute Gasteiger partial charge is 0.481 e. The normalized spacial score (nSPS) is 17.3. The van der Waals surface area contributed by atoms with Crippen LogP contribution in [0.1, 0.15) is 90.0 Å². The molecule has 4 N–H and O–H groups in total. The van der Waals surface area contributed by atoms with Gasteiger partial charge in [0.1, 0.15) is 0 Å². The van der Waals surface area contributed by atoms with Crippen LogP contribution >= 0.6 is 11.8 Å². The number of ether oxygens (including phenoxy) is 2. The third kappa shape index (κ3) is 11.0. The number of aliphatic hydroxyl groups excluding tert-OH is 1. The molecule has 0 radical (unpaired) electrons. The Morgan fingerprint density at radius 1 is 0.740 bits per heavy atom. The van der Waals surface area contributed by atoms with Crippen LogP contribution in [0.4, 0.5) is 0 Å². The summed E-state index contributed by atoms with van der Waals surface area (Å²) in [5, 5.41) is 30.5. The lowest BCUT2D eigenvalue weighted by molar-refractivity contribution is -0.245. The van der Waals surface area contributed by atoms with E-state index in [1.807, 2.05) is 78.9 Å². The molecule has 9 nitrogen and oxygen atoms in total. The fourth-order valence-electron chi connectivity index (χ4n) is 5.80. The van der Waals surface area contributed by atoms with Crippen molar-refractivity contribution in [3.05, 3.63) is 125 Å².